The van der Waals surface area contributed by atoms with Gasteiger partial charge in [0.1, 0.15) is 5.82 Å². The molecule has 27 heavy (non-hydrogen) atoms. The van der Waals surface area contributed by atoms with Crippen LogP contribution in [0.2, 0.25) is 5.02 Å². The molecule has 3 heterocycles. The second kappa shape index (κ2) is 7.67. The van der Waals surface area contributed by atoms with Crippen molar-refractivity contribution in [3.05, 3.63) is 82.4 Å². The van der Waals surface area contributed by atoms with Gasteiger partial charge in [-0.2, -0.15) is 0 Å². The predicted molar refractivity (Wildman–Crippen MR) is 114 cm³/mol. The number of aromatic amines is 1. The van der Waals surface area contributed by atoms with Crippen molar-refractivity contribution in [2.45, 2.75) is 26.7 Å². The molecular formula is C22H20ClN3S. The van der Waals surface area contributed by atoms with Crippen molar-refractivity contribution in [1.82, 2.24) is 15.0 Å². The van der Waals surface area contributed by atoms with E-state index in [2.05, 4.69) is 52.2 Å². The third-order valence-corrected chi connectivity index (χ3v) is 6.01. The van der Waals surface area contributed by atoms with E-state index in [9.17, 15) is 0 Å². The molecule has 0 aliphatic rings. The fourth-order valence-electron chi connectivity index (χ4n) is 3.08. The van der Waals surface area contributed by atoms with Gasteiger partial charge in [-0.15, -0.1) is 11.3 Å². The number of aromatic nitrogens is 3. The van der Waals surface area contributed by atoms with Crippen LogP contribution in [-0.2, 0) is 12.8 Å². The lowest BCUT2D eigenvalue weighted by Gasteiger charge is -2.03. The molecule has 0 amide bonds. The molecule has 4 rings (SSSR count). The Bertz CT molecular complexity index is 1060. The lowest BCUT2D eigenvalue weighted by Crippen LogP contribution is -1.89. The van der Waals surface area contributed by atoms with Crippen LogP contribution in [0.3, 0.4) is 0 Å². The van der Waals surface area contributed by atoms with Gasteiger partial charge in [0.2, 0.25) is 0 Å². The average Bonchev–Trinajstić information content (AvgIpc) is 3.30. The second-order valence-corrected chi connectivity index (χ2v) is 8.05. The van der Waals surface area contributed by atoms with Gasteiger partial charge in [-0.3, -0.25) is 4.98 Å². The smallest absolute Gasteiger partial charge is 0.147 e. The standard InChI is InChI=1S/C22H20ClN3S/c1-3-19-13-25-22(26-19)21-17(11-15-4-6-18(23)7-5-15)12-20(27-21)16-8-9-24-14(2)10-16/h4-10,12-13H,3,11H2,1-2H3,(H,25,26). The number of rotatable bonds is 5. The summed E-state index contributed by atoms with van der Waals surface area (Å²) in [5, 5.41) is 0.760. The summed E-state index contributed by atoms with van der Waals surface area (Å²) in [4.78, 5) is 14.8. The number of nitrogens with one attached hydrogen (secondary N) is 1. The van der Waals surface area contributed by atoms with Crippen LogP contribution in [0.4, 0.5) is 0 Å². The largest absolute Gasteiger partial charge is 0.341 e. The molecule has 0 aliphatic heterocycles. The average molecular weight is 394 g/mol. The third kappa shape index (κ3) is 3.97. The van der Waals surface area contributed by atoms with Crippen LogP contribution in [0.25, 0.3) is 21.1 Å². The van der Waals surface area contributed by atoms with Gasteiger partial charge in [-0.05, 0) is 66.8 Å². The number of H-pyrrole nitrogens is 1. The van der Waals surface area contributed by atoms with Crippen molar-refractivity contribution < 1.29 is 0 Å². The predicted octanol–water partition coefficient (Wildman–Crippen LogP) is 6.32. The summed E-state index contributed by atoms with van der Waals surface area (Å²) >= 11 is 7.81. The molecule has 4 aromatic rings. The molecule has 0 saturated heterocycles. The summed E-state index contributed by atoms with van der Waals surface area (Å²) in [5.74, 6) is 0.942. The SMILES string of the molecule is CCc1cnc(-c2sc(-c3ccnc(C)c3)cc2Cc2ccc(Cl)cc2)[nH]1. The van der Waals surface area contributed by atoms with E-state index in [4.69, 9.17) is 11.6 Å². The lowest BCUT2D eigenvalue weighted by atomic mass is 10.0. The van der Waals surface area contributed by atoms with E-state index in [1.54, 1.807) is 11.3 Å². The molecule has 1 N–H and O–H groups in total. The van der Waals surface area contributed by atoms with Crippen molar-refractivity contribution >= 4 is 22.9 Å². The first-order valence-electron chi connectivity index (χ1n) is 8.97. The Labute approximate surface area is 168 Å². The minimum absolute atomic E-state index is 0.760. The number of aryl methyl sites for hydroxylation is 2. The molecule has 5 heteroatoms. The number of thiophene rings is 1. The fourth-order valence-corrected chi connectivity index (χ4v) is 4.33. The zero-order valence-electron chi connectivity index (χ0n) is 15.3. The molecular weight excluding hydrogens is 374 g/mol. The zero-order chi connectivity index (χ0) is 18.8. The molecule has 0 atom stereocenters. The summed E-state index contributed by atoms with van der Waals surface area (Å²) < 4.78 is 0. The van der Waals surface area contributed by atoms with Crippen molar-refractivity contribution in [2.24, 2.45) is 0 Å². The molecule has 0 fully saturated rings. The first kappa shape index (κ1) is 18.0. The first-order chi connectivity index (χ1) is 13.1. The van der Waals surface area contributed by atoms with Gasteiger partial charge in [0.25, 0.3) is 0 Å². The van der Waals surface area contributed by atoms with Crippen LogP contribution in [0.5, 0.6) is 0 Å². The van der Waals surface area contributed by atoms with Gasteiger partial charge in [0, 0.05) is 33.7 Å². The highest BCUT2D eigenvalue weighted by molar-refractivity contribution is 7.19. The minimum atomic E-state index is 0.760. The highest BCUT2D eigenvalue weighted by Gasteiger charge is 2.16. The van der Waals surface area contributed by atoms with E-state index in [0.717, 1.165) is 35.1 Å². The van der Waals surface area contributed by atoms with E-state index in [0.29, 0.717) is 0 Å². The monoisotopic (exact) mass is 393 g/mol. The van der Waals surface area contributed by atoms with Crippen LogP contribution in [0.1, 0.15) is 29.4 Å². The Morgan fingerprint density at radius 3 is 2.59 bits per heavy atom. The van der Waals surface area contributed by atoms with Crippen molar-refractivity contribution in [2.75, 3.05) is 0 Å². The topological polar surface area (TPSA) is 41.6 Å². The number of pyridine rings is 1. The van der Waals surface area contributed by atoms with Gasteiger partial charge in [-0.1, -0.05) is 30.7 Å². The Hall–Kier alpha value is -2.43. The van der Waals surface area contributed by atoms with E-state index in [1.165, 1.54) is 26.4 Å². The van der Waals surface area contributed by atoms with E-state index >= 15 is 0 Å². The number of imidazole rings is 1. The van der Waals surface area contributed by atoms with Gasteiger partial charge in [-0.25, -0.2) is 4.98 Å². The molecule has 136 valence electrons. The number of hydrogen-bond donors (Lipinski definition) is 1. The highest BCUT2D eigenvalue weighted by atomic mass is 35.5. The van der Waals surface area contributed by atoms with Crippen LogP contribution in [-0.4, -0.2) is 15.0 Å². The maximum Gasteiger partial charge on any atom is 0.147 e. The van der Waals surface area contributed by atoms with Crippen LogP contribution in [0.15, 0.2) is 54.9 Å². The van der Waals surface area contributed by atoms with Gasteiger partial charge < -0.3 is 4.98 Å². The summed E-state index contributed by atoms with van der Waals surface area (Å²) in [6.07, 6.45) is 5.58. The minimum Gasteiger partial charge on any atom is -0.341 e. The molecule has 0 saturated carbocycles. The molecule has 1 aromatic carbocycles. The maximum absolute atomic E-state index is 6.04. The number of nitrogens with zero attached hydrogens (tertiary/aromatic N) is 2. The van der Waals surface area contributed by atoms with E-state index in [1.807, 2.05) is 31.5 Å². The summed E-state index contributed by atoms with van der Waals surface area (Å²) in [7, 11) is 0. The number of benzene rings is 1. The molecule has 0 aliphatic carbocycles. The zero-order valence-corrected chi connectivity index (χ0v) is 16.9. The third-order valence-electron chi connectivity index (χ3n) is 4.52. The quantitative estimate of drug-likeness (QED) is 0.431. The van der Waals surface area contributed by atoms with Gasteiger partial charge >= 0.3 is 0 Å². The van der Waals surface area contributed by atoms with Crippen LogP contribution in [0, 0.1) is 6.92 Å². The lowest BCUT2D eigenvalue weighted by molar-refractivity contribution is 1.06. The molecule has 0 radical (unpaired) electrons. The molecule has 3 aromatic heterocycles. The Kier molecular flexibility index (Phi) is 5.10. The van der Waals surface area contributed by atoms with Gasteiger partial charge in [0.15, 0.2) is 0 Å². The molecule has 0 bridgehead atoms. The normalized spacial score (nSPS) is 11.1. The summed E-state index contributed by atoms with van der Waals surface area (Å²) in [6, 6.07) is 14.5. The Morgan fingerprint density at radius 2 is 1.89 bits per heavy atom. The van der Waals surface area contributed by atoms with Crippen molar-refractivity contribution in [3.8, 4) is 21.1 Å². The van der Waals surface area contributed by atoms with Crippen LogP contribution >= 0.6 is 22.9 Å². The van der Waals surface area contributed by atoms with E-state index in [-0.39, 0.29) is 0 Å². The maximum atomic E-state index is 6.04. The Morgan fingerprint density at radius 1 is 1.07 bits per heavy atom. The summed E-state index contributed by atoms with van der Waals surface area (Å²) in [6.45, 7) is 4.15. The Balaban J connectivity index is 1.78. The molecule has 0 unspecified atom stereocenters. The molecule has 0 spiro atoms. The van der Waals surface area contributed by atoms with E-state index < -0.39 is 0 Å². The number of hydrogen-bond acceptors (Lipinski definition) is 3. The number of halogens is 1. The second-order valence-electron chi connectivity index (χ2n) is 6.56. The summed E-state index contributed by atoms with van der Waals surface area (Å²) in [5.41, 5.74) is 5.87. The molecule has 3 nitrogen and oxygen atoms in total. The van der Waals surface area contributed by atoms with Crippen LogP contribution < -0.4 is 0 Å². The first-order valence-corrected chi connectivity index (χ1v) is 10.2. The van der Waals surface area contributed by atoms with Gasteiger partial charge in [0.05, 0.1) is 4.88 Å². The van der Waals surface area contributed by atoms with Crippen molar-refractivity contribution in [3.63, 3.8) is 0 Å². The van der Waals surface area contributed by atoms with Crippen molar-refractivity contribution in [1.29, 1.82) is 0 Å². The highest BCUT2D eigenvalue weighted by Crippen LogP contribution is 2.38. The fraction of sp³-hybridized carbons (Fsp3) is 0.182.